The maximum Gasteiger partial charge on any atom is 0.269 e. The van der Waals surface area contributed by atoms with Crippen LogP contribution in [0.25, 0.3) is 0 Å². The number of benzene rings is 1. The van der Waals surface area contributed by atoms with Crippen molar-refractivity contribution in [2.24, 2.45) is 5.73 Å². The predicted molar refractivity (Wildman–Crippen MR) is 61.0 cm³/mol. The minimum absolute atomic E-state index is 0.141. The predicted octanol–water partition coefficient (Wildman–Crippen LogP) is 1.13. The molecule has 1 fully saturated rings. The largest absolute Gasteiger partial charge is 0.326 e. The van der Waals surface area contributed by atoms with E-state index < -0.39 is 0 Å². The molecule has 1 atom stereocenters. The monoisotopic (exact) mass is 221 g/mol. The first-order valence-corrected chi connectivity index (χ1v) is 5.36. The number of likely N-dealkylation sites (tertiary alicyclic amines) is 1. The molecule has 0 unspecified atom stereocenters. The minimum atomic E-state index is -0.379. The van der Waals surface area contributed by atoms with E-state index >= 15 is 0 Å². The third-order valence-electron chi connectivity index (χ3n) is 2.86. The van der Waals surface area contributed by atoms with E-state index in [1.807, 2.05) is 12.1 Å². The Morgan fingerprint density at radius 3 is 2.62 bits per heavy atom. The molecule has 86 valence electrons. The molecule has 0 radical (unpaired) electrons. The van der Waals surface area contributed by atoms with Crippen molar-refractivity contribution in [1.29, 1.82) is 0 Å². The molecule has 2 N–H and O–H groups in total. The molecular weight excluding hydrogens is 206 g/mol. The molecule has 1 aromatic carbocycles. The first-order chi connectivity index (χ1) is 7.65. The van der Waals surface area contributed by atoms with E-state index in [9.17, 15) is 10.1 Å². The standard InChI is InChI=1S/C11H15N3O2/c12-10-5-6-13(8-10)7-9-1-3-11(4-2-9)14(15)16/h1-4,10H,5-8,12H2/t10-/m1/s1. The van der Waals surface area contributed by atoms with Gasteiger partial charge in [0.05, 0.1) is 4.92 Å². The maximum atomic E-state index is 10.5. The fourth-order valence-corrected chi connectivity index (χ4v) is 1.99. The lowest BCUT2D eigenvalue weighted by Gasteiger charge is -2.14. The highest BCUT2D eigenvalue weighted by Gasteiger charge is 2.18. The van der Waals surface area contributed by atoms with Crippen molar-refractivity contribution >= 4 is 5.69 Å². The van der Waals surface area contributed by atoms with Gasteiger partial charge in [-0.3, -0.25) is 15.0 Å². The van der Waals surface area contributed by atoms with Crippen LogP contribution in [0.15, 0.2) is 24.3 Å². The van der Waals surface area contributed by atoms with Crippen LogP contribution in [0.4, 0.5) is 5.69 Å². The molecule has 1 aromatic rings. The summed E-state index contributed by atoms with van der Waals surface area (Å²) in [6.45, 7) is 2.75. The molecule has 0 amide bonds. The third kappa shape index (κ3) is 2.56. The summed E-state index contributed by atoms with van der Waals surface area (Å²) < 4.78 is 0. The Morgan fingerprint density at radius 2 is 2.12 bits per heavy atom. The fraction of sp³-hybridized carbons (Fsp3) is 0.455. The minimum Gasteiger partial charge on any atom is -0.326 e. The van der Waals surface area contributed by atoms with Crippen molar-refractivity contribution in [1.82, 2.24) is 4.90 Å². The highest BCUT2D eigenvalue weighted by atomic mass is 16.6. The number of hydrogen-bond donors (Lipinski definition) is 1. The van der Waals surface area contributed by atoms with E-state index in [0.717, 1.165) is 31.6 Å². The van der Waals surface area contributed by atoms with Gasteiger partial charge in [-0.15, -0.1) is 0 Å². The summed E-state index contributed by atoms with van der Waals surface area (Å²) in [5.41, 5.74) is 7.05. The summed E-state index contributed by atoms with van der Waals surface area (Å²) >= 11 is 0. The molecule has 1 aliphatic rings. The van der Waals surface area contributed by atoms with E-state index in [0.29, 0.717) is 0 Å². The average molecular weight is 221 g/mol. The molecule has 0 saturated carbocycles. The zero-order chi connectivity index (χ0) is 11.5. The molecule has 1 aliphatic heterocycles. The molecule has 5 nitrogen and oxygen atoms in total. The fourth-order valence-electron chi connectivity index (χ4n) is 1.99. The van der Waals surface area contributed by atoms with Gasteiger partial charge in [0.2, 0.25) is 0 Å². The molecule has 0 spiro atoms. The van der Waals surface area contributed by atoms with Crippen LogP contribution < -0.4 is 5.73 Å². The van der Waals surface area contributed by atoms with Gasteiger partial charge in [-0.2, -0.15) is 0 Å². The average Bonchev–Trinajstić information content (AvgIpc) is 2.65. The molecule has 16 heavy (non-hydrogen) atoms. The lowest BCUT2D eigenvalue weighted by molar-refractivity contribution is -0.384. The van der Waals surface area contributed by atoms with Crippen LogP contribution in [-0.4, -0.2) is 29.0 Å². The van der Waals surface area contributed by atoms with Gasteiger partial charge in [-0.25, -0.2) is 0 Å². The molecule has 1 heterocycles. The smallest absolute Gasteiger partial charge is 0.269 e. The first-order valence-electron chi connectivity index (χ1n) is 5.36. The Balaban J connectivity index is 1.97. The van der Waals surface area contributed by atoms with E-state index in [2.05, 4.69) is 4.90 Å². The SMILES string of the molecule is N[C@@H]1CCN(Cc2ccc([N+](=O)[O-])cc2)C1. The Morgan fingerprint density at radius 1 is 1.44 bits per heavy atom. The van der Waals surface area contributed by atoms with Gasteiger partial charge >= 0.3 is 0 Å². The van der Waals surface area contributed by atoms with Gasteiger partial charge in [0, 0.05) is 37.8 Å². The van der Waals surface area contributed by atoms with Crippen molar-refractivity contribution in [2.75, 3.05) is 13.1 Å². The number of nitrogens with two attached hydrogens (primary N) is 1. The molecule has 5 heteroatoms. The normalized spacial score (nSPS) is 21.2. The quantitative estimate of drug-likeness (QED) is 0.613. The van der Waals surface area contributed by atoms with Crippen LogP contribution in [0.1, 0.15) is 12.0 Å². The second-order valence-corrected chi connectivity index (χ2v) is 4.21. The summed E-state index contributed by atoms with van der Waals surface area (Å²) in [6, 6.07) is 6.98. The molecule has 2 rings (SSSR count). The topological polar surface area (TPSA) is 72.4 Å². The highest BCUT2D eigenvalue weighted by Crippen LogP contribution is 2.15. The van der Waals surface area contributed by atoms with Crippen molar-refractivity contribution < 1.29 is 4.92 Å². The molecule has 1 saturated heterocycles. The van der Waals surface area contributed by atoms with Gasteiger partial charge in [0.15, 0.2) is 0 Å². The number of nitrogens with zero attached hydrogens (tertiary/aromatic N) is 2. The Labute approximate surface area is 94.0 Å². The third-order valence-corrected chi connectivity index (χ3v) is 2.86. The van der Waals surface area contributed by atoms with Crippen LogP contribution in [-0.2, 0) is 6.54 Å². The number of hydrogen-bond acceptors (Lipinski definition) is 4. The van der Waals surface area contributed by atoms with Gasteiger partial charge in [-0.1, -0.05) is 12.1 Å². The number of rotatable bonds is 3. The summed E-state index contributed by atoms with van der Waals surface area (Å²) in [6.07, 6.45) is 1.03. The van der Waals surface area contributed by atoms with Crippen molar-refractivity contribution in [2.45, 2.75) is 19.0 Å². The Hall–Kier alpha value is -1.46. The van der Waals surface area contributed by atoms with E-state index in [1.54, 1.807) is 12.1 Å². The second-order valence-electron chi connectivity index (χ2n) is 4.21. The molecule has 0 aromatic heterocycles. The zero-order valence-corrected chi connectivity index (χ0v) is 9.00. The van der Waals surface area contributed by atoms with Crippen molar-refractivity contribution in [3.63, 3.8) is 0 Å². The van der Waals surface area contributed by atoms with Crippen LogP contribution in [0.3, 0.4) is 0 Å². The zero-order valence-electron chi connectivity index (χ0n) is 9.00. The number of nitro groups is 1. The molecule has 0 bridgehead atoms. The van der Waals surface area contributed by atoms with Gasteiger partial charge in [0.1, 0.15) is 0 Å². The summed E-state index contributed by atoms with van der Waals surface area (Å²) in [5.74, 6) is 0. The Kier molecular flexibility index (Phi) is 3.17. The molecular formula is C11H15N3O2. The van der Waals surface area contributed by atoms with Crippen LogP contribution in [0.2, 0.25) is 0 Å². The summed E-state index contributed by atoms with van der Waals surface area (Å²) in [7, 11) is 0. The molecule has 0 aliphatic carbocycles. The Bertz CT molecular complexity index is 377. The number of non-ortho nitro benzene ring substituents is 1. The van der Waals surface area contributed by atoms with Gasteiger partial charge in [-0.05, 0) is 12.0 Å². The van der Waals surface area contributed by atoms with Crippen molar-refractivity contribution in [3.05, 3.63) is 39.9 Å². The maximum absolute atomic E-state index is 10.5. The second kappa shape index (κ2) is 4.59. The van der Waals surface area contributed by atoms with Crippen LogP contribution in [0, 0.1) is 10.1 Å². The lowest BCUT2D eigenvalue weighted by atomic mass is 10.2. The highest BCUT2D eigenvalue weighted by molar-refractivity contribution is 5.32. The van der Waals surface area contributed by atoms with Crippen LogP contribution >= 0.6 is 0 Å². The van der Waals surface area contributed by atoms with Crippen molar-refractivity contribution in [3.8, 4) is 0 Å². The number of nitro benzene ring substituents is 1. The first kappa shape index (κ1) is 11.0. The van der Waals surface area contributed by atoms with E-state index in [1.165, 1.54) is 0 Å². The lowest BCUT2D eigenvalue weighted by Crippen LogP contribution is -2.26. The van der Waals surface area contributed by atoms with Crippen LogP contribution in [0.5, 0.6) is 0 Å². The van der Waals surface area contributed by atoms with E-state index in [-0.39, 0.29) is 16.7 Å². The summed E-state index contributed by atoms with van der Waals surface area (Å²) in [4.78, 5) is 12.4. The van der Waals surface area contributed by atoms with E-state index in [4.69, 9.17) is 5.73 Å². The van der Waals surface area contributed by atoms with Gasteiger partial charge in [0.25, 0.3) is 5.69 Å². The summed E-state index contributed by atoms with van der Waals surface area (Å²) in [5, 5.41) is 10.5. The van der Waals surface area contributed by atoms with Gasteiger partial charge < -0.3 is 5.73 Å².